The molecule has 2 heterocycles. The van der Waals surface area contributed by atoms with Gasteiger partial charge in [-0.05, 0) is 140 Å². The van der Waals surface area contributed by atoms with E-state index in [4.69, 9.17) is 38.6 Å². The van der Waals surface area contributed by atoms with Crippen LogP contribution in [0.1, 0.15) is 66.5 Å². The van der Waals surface area contributed by atoms with E-state index in [9.17, 15) is 59.3 Å². The van der Waals surface area contributed by atoms with Gasteiger partial charge in [-0.2, -0.15) is 19.0 Å². The molecule has 0 bridgehead atoms. The fourth-order valence-corrected chi connectivity index (χ4v) is 8.19. The number of hydrogen-bond acceptors (Lipinski definition) is 14. The van der Waals surface area contributed by atoms with Gasteiger partial charge in [-0.15, -0.1) is 13.2 Å². The summed E-state index contributed by atoms with van der Waals surface area (Å²) in [4.78, 5) is 33.3. The van der Waals surface area contributed by atoms with Gasteiger partial charge in [0.2, 0.25) is 0 Å². The van der Waals surface area contributed by atoms with Crippen molar-refractivity contribution < 1.29 is 87.0 Å². The van der Waals surface area contributed by atoms with E-state index in [1.165, 1.54) is 84.9 Å². The van der Waals surface area contributed by atoms with Gasteiger partial charge >= 0.3 is 30.9 Å². The lowest BCUT2D eigenvalue weighted by Gasteiger charge is -2.42. The second-order valence-electron chi connectivity index (χ2n) is 20.4. The minimum Gasteiger partial charge on any atom is -0.487 e. The predicted octanol–water partition coefficient (Wildman–Crippen LogP) is 10.1. The Kier molecular flexibility index (Phi) is 22.0. The van der Waals surface area contributed by atoms with E-state index < -0.39 is 114 Å². The number of anilines is 2. The van der Waals surface area contributed by atoms with Crippen molar-refractivity contribution in [2.24, 2.45) is 0 Å². The molecule has 0 aliphatic carbocycles. The Balaban J connectivity index is 0.000000311. The summed E-state index contributed by atoms with van der Waals surface area (Å²) in [6.07, 6.45) is -5.92. The molecule has 462 valence electrons. The average molecular weight is 1250 g/mol. The van der Waals surface area contributed by atoms with Crippen molar-refractivity contribution in [3.05, 3.63) is 145 Å². The first-order valence-corrected chi connectivity index (χ1v) is 25.6. The smallest absolute Gasteiger partial charge is 0.487 e. The average Bonchev–Trinajstić information content (AvgIpc) is 1.84. The van der Waals surface area contributed by atoms with E-state index in [1.54, 1.807) is 41.5 Å². The third-order valence-electron chi connectivity index (χ3n) is 11.5. The molecule has 0 spiro atoms. The molecule has 85 heavy (non-hydrogen) atoms. The summed E-state index contributed by atoms with van der Waals surface area (Å²) in [5, 5.41) is 38.8. The zero-order valence-electron chi connectivity index (χ0n) is 46.1. The Morgan fingerprint density at radius 3 is 1.31 bits per heavy atom. The van der Waals surface area contributed by atoms with Crippen molar-refractivity contribution >= 4 is 58.2 Å². The van der Waals surface area contributed by atoms with Gasteiger partial charge in [0.25, 0.3) is 0 Å². The van der Waals surface area contributed by atoms with Crippen LogP contribution in [-0.2, 0) is 33.8 Å². The minimum absolute atomic E-state index is 0.145. The van der Waals surface area contributed by atoms with E-state index in [2.05, 4.69) is 46.4 Å². The number of carbonyl (C=O) groups is 2. The van der Waals surface area contributed by atoms with Gasteiger partial charge in [0, 0.05) is 34.6 Å². The van der Waals surface area contributed by atoms with E-state index in [0.29, 0.717) is 12.1 Å². The summed E-state index contributed by atoms with van der Waals surface area (Å²) in [6, 6.07) is 12.1. The van der Waals surface area contributed by atoms with Crippen molar-refractivity contribution in [3.63, 3.8) is 0 Å². The normalized spacial score (nSPS) is 14.0. The molecular weight excluding hydrogens is 1190 g/mol. The Morgan fingerprint density at radius 1 is 0.612 bits per heavy atom. The molecular formula is C52H57F11N12O8S2. The lowest BCUT2D eigenvalue weighted by molar-refractivity contribution is -0.274. The van der Waals surface area contributed by atoms with Crippen molar-refractivity contribution in [2.75, 3.05) is 17.2 Å². The van der Waals surface area contributed by atoms with Crippen LogP contribution in [0.2, 0.25) is 0 Å². The van der Waals surface area contributed by atoms with Gasteiger partial charge in [0.1, 0.15) is 82.5 Å². The van der Waals surface area contributed by atoms with Gasteiger partial charge < -0.3 is 39.8 Å². The quantitative estimate of drug-likeness (QED) is 0.0284. The second kappa shape index (κ2) is 27.7. The molecule has 0 aliphatic rings. The van der Waals surface area contributed by atoms with Crippen LogP contribution in [0.4, 0.5) is 69.3 Å². The van der Waals surface area contributed by atoms with Crippen molar-refractivity contribution in [1.82, 2.24) is 50.4 Å². The first kappa shape index (κ1) is 67.6. The molecule has 6 aromatic rings. The second-order valence-corrected chi connectivity index (χ2v) is 21.2. The number of benzene rings is 4. The number of thiocarbonyl (C=S) groups is 2. The first-order valence-electron chi connectivity index (χ1n) is 24.8. The van der Waals surface area contributed by atoms with E-state index in [-0.39, 0.29) is 38.5 Å². The van der Waals surface area contributed by atoms with Crippen molar-refractivity contribution in [1.29, 1.82) is 0 Å². The fraction of sp³-hybridized carbons (Fsp3) is 0.385. The van der Waals surface area contributed by atoms with E-state index in [0.717, 1.165) is 46.4 Å². The van der Waals surface area contributed by atoms with Crippen LogP contribution < -0.4 is 31.0 Å². The number of nitrogens with one attached hydrogen (secondary N) is 4. The van der Waals surface area contributed by atoms with Gasteiger partial charge in [-0.3, -0.25) is 10.0 Å². The van der Waals surface area contributed by atoms with Gasteiger partial charge in [0.05, 0.1) is 25.2 Å². The van der Waals surface area contributed by atoms with Crippen LogP contribution >= 0.6 is 24.4 Å². The van der Waals surface area contributed by atoms with Crippen LogP contribution in [0.5, 0.6) is 11.5 Å². The summed E-state index contributed by atoms with van der Waals surface area (Å²) in [7, 11) is 0. The number of halogens is 11. The number of hydrogen-bond donors (Lipinski definition) is 6. The number of hydrazine groups is 2. The summed E-state index contributed by atoms with van der Waals surface area (Å²) in [5.74, 6) is -8.95. The molecule has 4 atom stereocenters. The molecule has 2 amide bonds. The van der Waals surface area contributed by atoms with Crippen LogP contribution in [0.15, 0.2) is 110 Å². The summed E-state index contributed by atoms with van der Waals surface area (Å²) >= 11 is 11.0. The number of amides is 2. The number of alkyl halides is 7. The Hall–Kier alpha value is -8.17. The molecule has 4 aromatic carbocycles. The highest BCUT2D eigenvalue weighted by Gasteiger charge is 2.46. The molecule has 0 aliphatic heterocycles. The molecule has 0 radical (unpaired) electrons. The number of ether oxygens (including phenoxy) is 4. The Labute approximate surface area is 489 Å². The number of rotatable bonds is 17. The molecule has 0 saturated heterocycles. The van der Waals surface area contributed by atoms with Gasteiger partial charge in [0.15, 0.2) is 16.8 Å². The third kappa shape index (κ3) is 19.7. The molecule has 2 aromatic heterocycles. The summed E-state index contributed by atoms with van der Waals surface area (Å²) in [5.41, 5.74) is -1.85. The largest absolute Gasteiger partial charge is 0.573 e. The highest BCUT2D eigenvalue weighted by Crippen LogP contribution is 2.35. The Bertz CT molecular complexity index is 3200. The minimum atomic E-state index is -4.89. The molecule has 33 heteroatoms. The first-order chi connectivity index (χ1) is 39.4. The number of aromatic nitrogens is 6. The molecule has 0 unspecified atom stereocenters. The van der Waals surface area contributed by atoms with Crippen LogP contribution in [0.25, 0.3) is 0 Å². The number of aliphatic hydroxyl groups is 2. The predicted molar refractivity (Wildman–Crippen MR) is 290 cm³/mol. The highest BCUT2D eigenvalue weighted by molar-refractivity contribution is 7.80. The maximum absolute atomic E-state index is 15.1. The number of nitrogens with zero attached hydrogens (tertiary/aromatic N) is 8. The topological polar surface area (TPSA) is 228 Å². The molecule has 6 rings (SSSR count). The molecule has 20 nitrogen and oxygen atoms in total. The highest BCUT2D eigenvalue weighted by atomic mass is 32.1. The standard InChI is InChI=1S/C27H30F6N6O4S.C25H27F5N6O4S/c1-16(26(41,12-38-15-34-14-35-38)20-10-5-17(28)11-21(20)29)39(37-24(40)43-25(2,3)4)23(44)36-18-6-8-19(9-7-18)42-13-27(32,33)22(30)31;1-15(24(38,12-35-14-31-13-32-35)19-10-5-16(26)11-20(19)27)36(34-22(37)40-23(2,3)4)21(41)33-17-6-8-18(9-7-17)39-25(28,29)30/h5-11,14-16,22,41H,12-13H2,1-4H3,(H,36,44)(H,37,40);5-11,13-15,38H,12H2,1-4H3,(H,33,41)(H,34,37)/t16-,26-;15-,24-/m11/s1. The lowest BCUT2D eigenvalue weighted by atomic mass is 9.86. The maximum atomic E-state index is 15.1. The fourth-order valence-electron chi connectivity index (χ4n) is 7.55. The van der Waals surface area contributed by atoms with E-state index in [1.807, 2.05) is 0 Å². The maximum Gasteiger partial charge on any atom is 0.573 e. The molecule has 0 saturated carbocycles. The van der Waals surface area contributed by atoms with Gasteiger partial charge in [-0.1, -0.05) is 12.1 Å². The zero-order chi connectivity index (χ0) is 63.5. The SMILES string of the molecule is C[C@@H](N(NC(=O)OC(C)(C)C)C(=S)Nc1ccc(OC(F)(F)F)cc1)[C@](O)(Cn1cncn1)c1ccc(F)cc1F.C[C@@H](N(NC(=O)OC(C)(C)C)C(=S)Nc1ccc(OCC(F)(F)C(F)F)cc1)[C@](O)(Cn1cncn1)c1ccc(F)cc1F. The number of carbonyl (C=O) groups excluding carboxylic acids is 2. The summed E-state index contributed by atoms with van der Waals surface area (Å²) < 4.78 is 168. The van der Waals surface area contributed by atoms with E-state index >= 15 is 8.78 Å². The molecule has 6 N–H and O–H groups in total. The van der Waals surface area contributed by atoms with Crippen LogP contribution in [0.3, 0.4) is 0 Å². The van der Waals surface area contributed by atoms with Crippen LogP contribution in [0, 0.1) is 23.3 Å². The monoisotopic (exact) mass is 1250 g/mol. The van der Waals surface area contributed by atoms with Crippen molar-refractivity contribution in [3.8, 4) is 11.5 Å². The zero-order valence-corrected chi connectivity index (χ0v) is 47.8. The van der Waals surface area contributed by atoms with Crippen LogP contribution in [-0.4, -0.2) is 121 Å². The lowest BCUT2D eigenvalue weighted by Crippen LogP contribution is -2.61. The summed E-state index contributed by atoms with van der Waals surface area (Å²) in [6.45, 7) is 10.0. The molecule has 0 fully saturated rings. The third-order valence-corrected chi connectivity index (χ3v) is 12.1. The van der Waals surface area contributed by atoms with Gasteiger partial charge in [-0.25, -0.2) is 66.1 Å². The van der Waals surface area contributed by atoms with Crippen molar-refractivity contribution in [2.45, 2.75) is 122 Å². The Morgan fingerprint density at radius 2 is 0.988 bits per heavy atom.